The van der Waals surface area contributed by atoms with Crippen LogP contribution in [-0.2, 0) is 26.2 Å². The van der Waals surface area contributed by atoms with Gasteiger partial charge in [-0.3, -0.25) is 13.9 Å². The summed E-state index contributed by atoms with van der Waals surface area (Å²) in [4.78, 5) is 28.4. The summed E-state index contributed by atoms with van der Waals surface area (Å²) < 4.78 is 28.7. The summed E-state index contributed by atoms with van der Waals surface area (Å²) >= 11 is 6.43. The number of para-hydroxylation sites is 1. The second kappa shape index (κ2) is 13.6. The van der Waals surface area contributed by atoms with Gasteiger partial charge < -0.3 is 10.2 Å². The fourth-order valence-electron chi connectivity index (χ4n) is 4.01. The molecule has 3 rings (SSSR count). The molecule has 0 unspecified atom stereocenters. The largest absolute Gasteiger partial charge is 0.354 e. The third-order valence-corrected chi connectivity index (χ3v) is 8.57. The van der Waals surface area contributed by atoms with Gasteiger partial charge in [0.1, 0.15) is 12.6 Å². The van der Waals surface area contributed by atoms with Crippen molar-refractivity contribution in [3.8, 4) is 0 Å². The van der Waals surface area contributed by atoms with Crippen molar-refractivity contribution < 1.29 is 18.0 Å². The van der Waals surface area contributed by atoms with E-state index in [0.29, 0.717) is 6.54 Å². The molecule has 0 spiro atoms. The zero-order valence-electron chi connectivity index (χ0n) is 22.9. The number of nitrogens with zero attached hydrogens (tertiary/aromatic N) is 2. The SMILES string of the molecule is CCCCNC(=O)[C@@H](C)N(Cc1ccc(C)cc1)C(=O)CN(c1ccccc1Cl)S(=O)(=O)c1ccc(C)cc1. The number of sulfonamides is 1. The lowest BCUT2D eigenvalue weighted by molar-refractivity contribution is -0.139. The van der Waals surface area contributed by atoms with Gasteiger partial charge in [-0.25, -0.2) is 8.42 Å². The van der Waals surface area contributed by atoms with E-state index in [1.807, 2.05) is 45.0 Å². The fraction of sp³-hybridized carbons (Fsp3) is 0.333. The van der Waals surface area contributed by atoms with Crippen molar-refractivity contribution in [1.82, 2.24) is 10.2 Å². The molecule has 0 aliphatic heterocycles. The Labute approximate surface area is 236 Å². The zero-order valence-corrected chi connectivity index (χ0v) is 24.4. The van der Waals surface area contributed by atoms with Crippen LogP contribution in [0.5, 0.6) is 0 Å². The van der Waals surface area contributed by atoms with Crippen LogP contribution in [0, 0.1) is 13.8 Å². The van der Waals surface area contributed by atoms with Crippen molar-refractivity contribution in [3.05, 3.63) is 94.5 Å². The number of carbonyl (C=O) groups excluding carboxylic acids is 2. The minimum Gasteiger partial charge on any atom is -0.354 e. The Bertz CT molecular complexity index is 1380. The molecule has 0 heterocycles. The summed E-state index contributed by atoms with van der Waals surface area (Å²) in [6, 6.07) is 19.7. The smallest absolute Gasteiger partial charge is 0.264 e. The maximum atomic E-state index is 13.9. The molecule has 7 nitrogen and oxygen atoms in total. The van der Waals surface area contributed by atoms with Crippen molar-refractivity contribution in [1.29, 1.82) is 0 Å². The molecule has 0 aliphatic carbocycles. The molecule has 0 bridgehead atoms. The maximum Gasteiger partial charge on any atom is 0.264 e. The van der Waals surface area contributed by atoms with Gasteiger partial charge in [0.05, 0.1) is 15.6 Å². The third kappa shape index (κ3) is 7.83. The van der Waals surface area contributed by atoms with E-state index in [1.54, 1.807) is 43.3 Å². The van der Waals surface area contributed by atoms with Crippen LogP contribution in [0.15, 0.2) is 77.7 Å². The Morgan fingerprint density at radius 1 is 0.923 bits per heavy atom. The summed E-state index contributed by atoms with van der Waals surface area (Å²) in [5, 5.41) is 3.07. The van der Waals surface area contributed by atoms with Crippen LogP contribution in [0.2, 0.25) is 5.02 Å². The molecule has 0 fully saturated rings. The lowest BCUT2D eigenvalue weighted by atomic mass is 10.1. The highest BCUT2D eigenvalue weighted by Gasteiger charge is 2.33. The summed E-state index contributed by atoms with van der Waals surface area (Å²) in [7, 11) is -4.16. The maximum absolute atomic E-state index is 13.9. The van der Waals surface area contributed by atoms with Crippen molar-refractivity contribution in [2.75, 3.05) is 17.4 Å². The molecule has 0 saturated carbocycles. The molecule has 0 aliphatic rings. The number of halogens is 1. The number of benzene rings is 3. The molecule has 0 aromatic heterocycles. The second-order valence-electron chi connectivity index (χ2n) is 9.60. The predicted octanol–water partition coefficient (Wildman–Crippen LogP) is 5.49. The van der Waals surface area contributed by atoms with E-state index in [-0.39, 0.29) is 28.1 Å². The van der Waals surface area contributed by atoms with Crippen LogP contribution in [0.3, 0.4) is 0 Å². The number of carbonyl (C=O) groups is 2. The average molecular weight is 570 g/mol. The summed E-state index contributed by atoms with van der Waals surface area (Å²) in [6.45, 7) is 7.62. The Hall–Kier alpha value is -3.36. The quantitative estimate of drug-likeness (QED) is 0.292. The number of nitrogens with one attached hydrogen (secondary N) is 1. The highest BCUT2D eigenvalue weighted by Crippen LogP contribution is 2.31. The first-order valence-corrected chi connectivity index (χ1v) is 14.8. The molecule has 1 N–H and O–H groups in total. The number of hydrogen-bond acceptors (Lipinski definition) is 4. The van der Waals surface area contributed by atoms with Crippen LogP contribution in [0.4, 0.5) is 5.69 Å². The highest BCUT2D eigenvalue weighted by molar-refractivity contribution is 7.92. The van der Waals surface area contributed by atoms with Gasteiger partial charge in [0.15, 0.2) is 0 Å². The molecular formula is C30H36ClN3O4S. The topological polar surface area (TPSA) is 86.8 Å². The number of rotatable bonds is 12. The van der Waals surface area contributed by atoms with Crippen LogP contribution >= 0.6 is 11.6 Å². The van der Waals surface area contributed by atoms with E-state index < -0.39 is 28.5 Å². The van der Waals surface area contributed by atoms with Gasteiger partial charge in [-0.2, -0.15) is 0 Å². The summed E-state index contributed by atoms with van der Waals surface area (Å²) in [5.41, 5.74) is 2.98. The zero-order chi connectivity index (χ0) is 28.6. The first kappa shape index (κ1) is 30.2. The molecular weight excluding hydrogens is 534 g/mol. The number of aryl methyl sites for hydroxylation is 2. The Balaban J connectivity index is 2.00. The van der Waals surface area contributed by atoms with Crippen molar-refractivity contribution in [2.24, 2.45) is 0 Å². The highest BCUT2D eigenvalue weighted by atomic mass is 35.5. The van der Waals surface area contributed by atoms with Crippen LogP contribution in [-0.4, -0.2) is 44.3 Å². The molecule has 1 atom stereocenters. The van der Waals surface area contributed by atoms with Crippen molar-refractivity contribution in [2.45, 2.75) is 58.0 Å². The minimum absolute atomic E-state index is 0.0382. The van der Waals surface area contributed by atoms with Gasteiger partial charge in [0, 0.05) is 13.1 Å². The Kier molecular flexibility index (Phi) is 10.5. The average Bonchev–Trinajstić information content (AvgIpc) is 2.91. The number of unbranched alkanes of at least 4 members (excludes halogenated alkanes) is 1. The molecule has 3 aromatic rings. The molecule has 39 heavy (non-hydrogen) atoms. The second-order valence-corrected chi connectivity index (χ2v) is 11.9. The number of hydrogen-bond donors (Lipinski definition) is 1. The van der Waals surface area contributed by atoms with Crippen LogP contribution < -0.4 is 9.62 Å². The Morgan fingerprint density at radius 2 is 1.51 bits per heavy atom. The third-order valence-electron chi connectivity index (χ3n) is 6.48. The monoisotopic (exact) mass is 569 g/mol. The van der Waals surface area contributed by atoms with Gasteiger partial charge in [-0.05, 0) is 57.0 Å². The van der Waals surface area contributed by atoms with Gasteiger partial charge >= 0.3 is 0 Å². The van der Waals surface area contributed by atoms with E-state index in [9.17, 15) is 18.0 Å². The molecule has 0 radical (unpaired) electrons. The van der Waals surface area contributed by atoms with Gasteiger partial charge in [-0.1, -0.05) is 84.6 Å². The fourth-order valence-corrected chi connectivity index (χ4v) is 5.73. The number of anilines is 1. The van der Waals surface area contributed by atoms with Gasteiger partial charge in [-0.15, -0.1) is 0 Å². The van der Waals surface area contributed by atoms with E-state index >= 15 is 0 Å². The van der Waals surface area contributed by atoms with Crippen molar-refractivity contribution >= 4 is 39.1 Å². The lowest BCUT2D eigenvalue weighted by Crippen LogP contribution is -2.51. The van der Waals surface area contributed by atoms with Crippen molar-refractivity contribution in [3.63, 3.8) is 0 Å². The standard InChI is InChI=1S/C30H36ClN3O4S/c1-5-6-19-32-30(36)24(4)33(20-25-15-11-22(2)12-16-25)29(35)21-34(28-10-8-7-9-27(28)31)39(37,38)26-17-13-23(3)14-18-26/h7-18,24H,5-6,19-21H2,1-4H3,(H,32,36)/t24-/m1/s1. The van der Waals surface area contributed by atoms with Gasteiger partial charge in [0.25, 0.3) is 10.0 Å². The van der Waals surface area contributed by atoms with E-state index in [1.165, 1.54) is 17.0 Å². The molecule has 3 aromatic carbocycles. The first-order chi connectivity index (χ1) is 18.5. The first-order valence-electron chi connectivity index (χ1n) is 13.0. The predicted molar refractivity (Wildman–Crippen MR) is 156 cm³/mol. The van der Waals surface area contributed by atoms with Crippen LogP contribution in [0.1, 0.15) is 43.4 Å². The van der Waals surface area contributed by atoms with E-state index in [2.05, 4.69) is 5.32 Å². The molecule has 9 heteroatoms. The lowest BCUT2D eigenvalue weighted by Gasteiger charge is -2.32. The number of amides is 2. The van der Waals surface area contributed by atoms with Crippen LogP contribution in [0.25, 0.3) is 0 Å². The molecule has 208 valence electrons. The molecule has 0 saturated heterocycles. The van der Waals surface area contributed by atoms with Gasteiger partial charge in [0.2, 0.25) is 11.8 Å². The van der Waals surface area contributed by atoms with E-state index in [0.717, 1.165) is 33.8 Å². The Morgan fingerprint density at radius 3 is 2.10 bits per heavy atom. The van der Waals surface area contributed by atoms with E-state index in [4.69, 9.17) is 11.6 Å². The summed E-state index contributed by atoms with van der Waals surface area (Å²) in [6.07, 6.45) is 1.74. The minimum atomic E-state index is -4.16. The summed E-state index contributed by atoms with van der Waals surface area (Å²) in [5.74, 6) is -0.820. The normalized spacial score (nSPS) is 12.0. The molecule has 2 amide bonds.